The summed E-state index contributed by atoms with van der Waals surface area (Å²) in [6.07, 6.45) is 2.23. The van der Waals surface area contributed by atoms with Crippen molar-refractivity contribution in [3.63, 3.8) is 0 Å². The summed E-state index contributed by atoms with van der Waals surface area (Å²) < 4.78 is 0. The Kier molecular flexibility index (Phi) is 6.17. The van der Waals surface area contributed by atoms with Crippen LogP contribution in [0.1, 0.15) is 41.1 Å². The van der Waals surface area contributed by atoms with Gasteiger partial charge < -0.3 is 10.6 Å². The van der Waals surface area contributed by atoms with Crippen LogP contribution < -0.4 is 10.6 Å². The van der Waals surface area contributed by atoms with Gasteiger partial charge in [0.25, 0.3) is 11.8 Å². The smallest absolute Gasteiger partial charge is 0.274 e. The van der Waals surface area contributed by atoms with Crippen molar-refractivity contribution in [2.75, 3.05) is 5.32 Å². The number of nitrogens with zero attached hydrogens (tertiary/aromatic N) is 1. The largest absolute Gasteiger partial charge is 0.350 e. The van der Waals surface area contributed by atoms with Crippen molar-refractivity contribution in [2.24, 2.45) is 0 Å². The van der Waals surface area contributed by atoms with E-state index in [4.69, 9.17) is 23.2 Å². The molecular weight excluding hydrogens is 349 g/mol. The van der Waals surface area contributed by atoms with Gasteiger partial charge in [-0.05, 0) is 43.7 Å². The summed E-state index contributed by atoms with van der Waals surface area (Å²) in [6, 6.07) is 7.79. The van der Waals surface area contributed by atoms with Crippen LogP contribution in [0.15, 0.2) is 36.5 Å². The second-order valence-corrected chi connectivity index (χ2v) is 6.13. The van der Waals surface area contributed by atoms with E-state index >= 15 is 0 Å². The summed E-state index contributed by atoms with van der Waals surface area (Å²) >= 11 is 11.9. The van der Waals surface area contributed by atoms with Gasteiger partial charge in [-0.15, -0.1) is 0 Å². The minimum atomic E-state index is -0.475. The van der Waals surface area contributed by atoms with E-state index in [1.807, 2.05) is 13.8 Å². The third kappa shape index (κ3) is 4.69. The average molecular weight is 366 g/mol. The molecule has 2 rings (SSSR count). The van der Waals surface area contributed by atoms with Gasteiger partial charge >= 0.3 is 0 Å². The SMILES string of the molecule is CCC(C)NC(=O)c1ccnc(C(=O)Nc2cc(Cl)ccc2Cl)c1. The number of aromatic nitrogens is 1. The van der Waals surface area contributed by atoms with E-state index in [9.17, 15) is 9.59 Å². The first-order chi connectivity index (χ1) is 11.4. The van der Waals surface area contributed by atoms with Crippen LogP contribution in [0.25, 0.3) is 0 Å². The van der Waals surface area contributed by atoms with Crippen LogP contribution in [-0.4, -0.2) is 22.8 Å². The van der Waals surface area contributed by atoms with Gasteiger partial charge in [0.2, 0.25) is 0 Å². The molecule has 1 heterocycles. The summed E-state index contributed by atoms with van der Waals surface area (Å²) in [6.45, 7) is 3.89. The number of halogens is 2. The number of hydrogen-bond acceptors (Lipinski definition) is 3. The van der Waals surface area contributed by atoms with Crippen molar-refractivity contribution in [1.29, 1.82) is 0 Å². The van der Waals surface area contributed by atoms with E-state index in [0.717, 1.165) is 6.42 Å². The molecule has 0 saturated carbocycles. The Morgan fingerprint density at radius 2 is 1.92 bits per heavy atom. The Balaban J connectivity index is 2.17. The predicted molar refractivity (Wildman–Crippen MR) is 95.9 cm³/mol. The highest BCUT2D eigenvalue weighted by Gasteiger charge is 2.14. The third-order valence-electron chi connectivity index (χ3n) is 3.42. The van der Waals surface area contributed by atoms with Gasteiger partial charge in [-0.2, -0.15) is 0 Å². The molecule has 0 aliphatic carbocycles. The Morgan fingerprint density at radius 1 is 1.17 bits per heavy atom. The molecule has 0 bridgehead atoms. The van der Waals surface area contributed by atoms with E-state index in [-0.39, 0.29) is 17.6 Å². The molecule has 1 unspecified atom stereocenters. The second kappa shape index (κ2) is 8.13. The second-order valence-electron chi connectivity index (χ2n) is 5.29. The van der Waals surface area contributed by atoms with E-state index in [2.05, 4.69) is 15.6 Å². The number of nitrogens with one attached hydrogen (secondary N) is 2. The maximum Gasteiger partial charge on any atom is 0.274 e. The Bertz CT molecular complexity index is 765. The molecule has 1 aromatic carbocycles. The average Bonchev–Trinajstić information content (AvgIpc) is 2.58. The minimum Gasteiger partial charge on any atom is -0.350 e. The molecule has 2 amide bonds. The summed E-state index contributed by atoms with van der Waals surface area (Å²) in [7, 11) is 0. The topological polar surface area (TPSA) is 71.1 Å². The molecule has 0 fully saturated rings. The summed E-state index contributed by atoms with van der Waals surface area (Å²) in [5.74, 6) is -0.723. The minimum absolute atomic E-state index is 0.0493. The highest BCUT2D eigenvalue weighted by atomic mass is 35.5. The fourth-order valence-corrected chi connectivity index (χ4v) is 2.22. The summed E-state index contributed by atoms with van der Waals surface area (Å²) in [5.41, 5.74) is 0.862. The maximum absolute atomic E-state index is 12.3. The fourth-order valence-electron chi connectivity index (χ4n) is 1.88. The van der Waals surface area contributed by atoms with Crippen LogP contribution in [0.4, 0.5) is 5.69 Å². The molecule has 1 aromatic heterocycles. The van der Waals surface area contributed by atoms with Crippen LogP contribution in [0, 0.1) is 0 Å². The maximum atomic E-state index is 12.3. The van der Waals surface area contributed by atoms with Crippen LogP contribution in [-0.2, 0) is 0 Å². The molecule has 7 heteroatoms. The molecule has 2 N–H and O–H groups in total. The van der Waals surface area contributed by atoms with Crippen LogP contribution in [0.5, 0.6) is 0 Å². The van der Waals surface area contributed by atoms with E-state index in [1.54, 1.807) is 24.3 Å². The number of carbonyl (C=O) groups is 2. The number of anilines is 1. The fraction of sp³-hybridized carbons (Fsp3) is 0.235. The zero-order valence-corrected chi connectivity index (χ0v) is 14.8. The van der Waals surface area contributed by atoms with Crippen molar-refractivity contribution in [1.82, 2.24) is 10.3 Å². The number of benzene rings is 1. The summed E-state index contributed by atoms with van der Waals surface area (Å²) in [5, 5.41) is 6.29. The molecule has 0 radical (unpaired) electrons. The Labute approximate surface area is 150 Å². The Hall–Kier alpha value is -2.11. The van der Waals surface area contributed by atoms with Crippen LogP contribution in [0.2, 0.25) is 10.0 Å². The van der Waals surface area contributed by atoms with E-state index in [1.165, 1.54) is 12.3 Å². The van der Waals surface area contributed by atoms with Crippen molar-refractivity contribution in [3.05, 3.63) is 57.8 Å². The lowest BCUT2D eigenvalue weighted by atomic mass is 10.2. The van der Waals surface area contributed by atoms with Crippen molar-refractivity contribution < 1.29 is 9.59 Å². The zero-order chi connectivity index (χ0) is 17.7. The van der Waals surface area contributed by atoms with Gasteiger partial charge in [-0.3, -0.25) is 14.6 Å². The van der Waals surface area contributed by atoms with Gasteiger partial charge in [0.05, 0.1) is 10.7 Å². The number of rotatable bonds is 5. The van der Waals surface area contributed by atoms with Crippen LogP contribution in [0.3, 0.4) is 0 Å². The lowest BCUT2D eigenvalue weighted by molar-refractivity contribution is 0.0939. The number of amides is 2. The molecule has 24 heavy (non-hydrogen) atoms. The third-order valence-corrected chi connectivity index (χ3v) is 3.99. The molecular formula is C17H17Cl2N3O2. The first-order valence-corrected chi connectivity index (χ1v) is 8.19. The normalized spacial score (nSPS) is 11.7. The highest BCUT2D eigenvalue weighted by Crippen LogP contribution is 2.25. The first-order valence-electron chi connectivity index (χ1n) is 7.44. The van der Waals surface area contributed by atoms with Gasteiger partial charge in [-0.1, -0.05) is 30.1 Å². The number of pyridine rings is 1. The lowest BCUT2D eigenvalue weighted by Crippen LogP contribution is -2.32. The summed E-state index contributed by atoms with van der Waals surface area (Å²) in [4.78, 5) is 28.5. The molecule has 126 valence electrons. The van der Waals surface area contributed by atoms with E-state index < -0.39 is 5.91 Å². The number of carbonyl (C=O) groups excluding carboxylic acids is 2. The Morgan fingerprint density at radius 3 is 2.62 bits per heavy atom. The number of hydrogen-bond donors (Lipinski definition) is 2. The first kappa shape index (κ1) is 18.2. The van der Waals surface area contributed by atoms with Gasteiger partial charge in [0.15, 0.2) is 0 Å². The van der Waals surface area contributed by atoms with Gasteiger partial charge in [0, 0.05) is 22.8 Å². The van der Waals surface area contributed by atoms with Crippen molar-refractivity contribution >= 4 is 40.7 Å². The molecule has 0 aliphatic rings. The zero-order valence-electron chi connectivity index (χ0n) is 13.3. The van der Waals surface area contributed by atoms with Crippen LogP contribution >= 0.6 is 23.2 Å². The molecule has 0 saturated heterocycles. The molecule has 0 spiro atoms. The highest BCUT2D eigenvalue weighted by molar-refractivity contribution is 6.35. The molecule has 5 nitrogen and oxygen atoms in total. The molecule has 0 aliphatic heterocycles. The molecule has 2 aromatic rings. The quantitative estimate of drug-likeness (QED) is 0.834. The van der Waals surface area contributed by atoms with Crippen molar-refractivity contribution in [2.45, 2.75) is 26.3 Å². The van der Waals surface area contributed by atoms with Crippen molar-refractivity contribution in [3.8, 4) is 0 Å². The lowest BCUT2D eigenvalue weighted by Gasteiger charge is -2.12. The predicted octanol–water partition coefficient (Wildman–Crippen LogP) is 4.17. The monoisotopic (exact) mass is 365 g/mol. The van der Waals surface area contributed by atoms with Gasteiger partial charge in [-0.25, -0.2) is 0 Å². The van der Waals surface area contributed by atoms with Gasteiger partial charge in [0.1, 0.15) is 5.69 Å². The molecule has 1 atom stereocenters. The standard InChI is InChI=1S/C17H17Cl2N3O2/c1-3-10(2)21-16(23)11-6-7-20-15(8-11)17(24)22-14-9-12(18)4-5-13(14)19/h4-10H,3H2,1-2H3,(H,21,23)(H,22,24). The van der Waals surface area contributed by atoms with E-state index in [0.29, 0.717) is 21.3 Å².